The van der Waals surface area contributed by atoms with Crippen molar-refractivity contribution in [2.45, 2.75) is 111 Å². The van der Waals surface area contributed by atoms with Gasteiger partial charge in [-0.25, -0.2) is 0 Å². The molecule has 2 aliphatic rings. The zero-order chi connectivity index (χ0) is 40.0. The quantitative estimate of drug-likeness (QED) is 0.0763. The van der Waals surface area contributed by atoms with Gasteiger partial charge in [0.15, 0.2) is 0 Å². The van der Waals surface area contributed by atoms with Crippen LogP contribution < -0.4 is 0 Å². The Kier molecular flexibility index (Phi) is 19.1. The second-order valence-corrected chi connectivity index (χ2v) is 13.6. The van der Waals surface area contributed by atoms with Crippen LogP contribution in [0.4, 0.5) is 0 Å². The van der Waals surface area contributed by atoms with Crippen LogP contribution in [0.3, 0.4) is 0 Å². The Labute approximate surface area is 322 Å². The number of benzene rings is 2. The number of aryl methyl sites for hydroxylation is 2. The van der Waals surface area contributed by atoms with Crippen molar-refractivity contribution in [1.29, 1.82) is 0 Å². The minimum Gasteiger partial charge on any atom is -0.461 e. The average molecular weight is 757 g/mol. The van der Waals surface area contributed by atoms with Crippen molar-refractivity contribution in [2.24, 2.45) is 0 Å². The van der Waals surface area contributed by atoms with Crippen molar-refractivity contribution in [3.8, 4) is 0 Å². The van der Waals surface area contributed by atoms with Gasteiger partial charge in [0.25, 0.3) is 23.6 Å². The predicted octanol–water partition coefficient (Wildman–Crippen LogP) is 5.86. The molecule has 2 heterocycles. The van der Waals surface area contributed by atoms with Gasteiger partial charge in [-0.3, -0.25) is 48.2 Å². The highest BCUT2D eigenvalue weighted by atomic mass is 16.5. The topological polar surface area (TPSA) is 162 Å². The smallest absolute Gasteiger partial charge is 0.302 e. The molecule has 0 saturated carbocycles. The molecule has 0 unspecified atom stereocenters. The van der Waals surface area contributed by atoms with Crippen molar-refractivity contribution < 1.29 is 47.8 Å². The molecule has 0 atom stereocenters. The van der Waals surface area contributed by atoms with Gasteiger partial charge in [0.05, 0.1) is 0 Å². The van der Waals surface area contributed by atoms with E-state index in [1.807, 2.05) is 48.5 Å². The Morgan fingerprint density at radius 3 is 1.18 bits per heavy atom. The lowest BCUT2D eigenvalue weighted by atomic mass is 10.0. The molecule has 0 saturated heterocycles. The van der Waals surface area contributed by atoms with E-state index in [0.29, 0.717) is 32.4 Å². The van der Waals surface area contributed by atoms with Gasteiger partial charge < -0.3 is 9.47 Å². The van der Waals surface area contributed by atoms with E-state index in [-0.39, 0.29) is 66.7 Å². The monoisotopic (exact) mass is 756 g/mol. The van der Waals surface area contributed by atoms with Crippen LogP contribution in [0, 0.1) is 0 Å². The summed E-state index contributed by atoms with van der Waals surface area (Å²) in [5.74, 6) is -1.43. The van der Waals surface area contributed by atoms with Gasteiger partial charge in [-0.15, -0.1) is 0 Å². The lowest BCUT2D eigenvalue weighted by Crippen LogP contribution is -2.32. The molecule has 12 heteroatoms. The number of esters is 2. The number of amides is 4. The van der Waals surface area contributed by atoms with Crippen LogP contribution in [0.15, 0.2) is 72.8 Å². The molecular weight excluding hydrogens is 704 g/mol. The van der Waals surface area contributed by atoms with E-state index < -0.39 is 0 Å². The van der Waals surface area contributed by atoms with Gasteiger partial charge in [0.1, 0.15) is 24.8 Å². The molecule has 55 heavy (non-hydrogen) atoms. The molecule has 0 aromatic heterocycles. The molecule has 4 rings (SSSR count). The van der Waals surface area contributed by atoms with Crippen LogP contribution in [0.5, 0.6) is 0 Å². The summed E-state index contributed by atoms with van der Waals surface area (Å²) >= 11 is 0. The SMILES string of the molecule is CC(=O)OCc1ccc(CCCCC(=O)CCCCCN2C(=O)C=CC2=O)cc1.CC(=O)OCc1ccc(CCCCC(=O)CCN2C(=O)C=CC2=O)cc1. The predicted molar refractivity (Wildman–Crippen MR) is 204 cm³/mol. The number of imide groups is 2. The van der Waals surface area contributed by atoms with Gasteiger partial charge >= 0.3 is 11.9 Å². The summed E-state index contributed by atoms with van der Waals surface area (Å²) in [4.78, 5) is 93.4. The summed E-state index contributed by atoms with van der Waals surface area (Å²) in [6.07, 6.45) is 14.5. The highest BCUT2D eigenvalue weighted by molar-refractivity contribution is 6.13. The molecule has 0 N–H and O–H groups in total. The first kappa shape index (κ1) is 43.9. The Morgan fingerprint density at radius 1 is 0.436 bits per heavy atom. The van der Waals surface area contributed by atoms with Crippen LogP contribution in [0.2, 0.25) is 0 Å². The molecular formula is C43H52N2O10. The number of carbonyl (C=O) groups is 8. The van der Waals surface area contributed by atoms with Crippen molar-refractivity contribution in [1.82, 2.24) is 9.80 Å². The van der Waals surface area contributed by atoms with E-state index in [9.17, 15) is 38.4 Å². The lowest BCUT2D eigenvalue weighted by molar-refractivity contribution is -0.143. The fraction of sp³-hybridized carbons (Fsp3) is 0.442. The molecule has 0 fully saturated rings. The van der Waals surface area contributed by atoms with E-state index >= 15 is 0 Å². The number of hydrogen-bond donors (Lipinski definition) is 0. The van der Waals surface area contributed by atoms with Crippen LogP contribution in [0.25, 0.3) is 0 Å². The fourth-order valence-corrected chi connectivity index (χ4v) is 5.84. The molecule has 0 aliphatic carbocycles. The Bertz CT molecular complexity index is 1670. The number of nitrogens with zero attached hydrogens (tertiary/aromatic N) is 2. The third-order valence-electron chi connectivity index (χ3n) is 9.02. The highest BCUT2D eigenvalue weighted by Gasteiger charge is 2.24. The van der Waals surface area contributed by atoms with E-state index in [1.165, 1.54) is 54.2 Å². The molecule has 2 aromatic carbocycles. The highest BCUT2D eigenvalue weighted by Crippen LogP contribution is 2.14. The van der Waals surface area contributed by atoms with Gasteiger partial charge in [0.2, 0.25) is 0 Å². The maximum atomic E-state index is 12.0. The molecule has 0 bridgehead atoms. The Hall–Kier alpha value is -5.52. The minimum atomic E-state index is -0.347. The second kappa shape index (κ2) is 24.0. The second-order valence-electron chi connectivity index (χ2n) is 13.6. The van der Waals surface area contributed by atoms with Crippen molar-refractivity contribution >= 4 is 47.1 Å². The molecule has 4 amide bonds. The summed E-state index contributed by atoms with van der Waals surface area (Å²) in [7, 11) is 0. The normalized spacial score (nSPS) is 13.3. The largest absolute Gasteiger partial charge is 0.461 e. The maximum Gasteiger partial charge on any atom is 0.302 e. The first-order valence-corrected chi connectivity index (χ1v) is 18.9. The molecule has 2 aliphatic heterocycles. The number of ether oxygens (including phenoxy) is 2. The third-order valence-corrected chi connectivity index (χ3v) is 9.02. The number of carbonyl (C=O) groups excluding carboxylic acids is 8. The first-order chi connectivity index (χ1) is 26.4. The standard InChI is InChI=1S/C23H29NO5.C20H23NO5/c1-18(25)29-17-20-12-10-19(11-13-20)7-4-5-9-21(26)8-3-2-6-16-24-22(27)14-15-23(24)28;1-15(22)26-14-17-8-6-16(7-9-17)4-2-3-5-18(23)12-13-21-19(24)10-11-20(21)25/h10-15H,2-9,16-17H2,1H3;6-11H,2-5,12-14H2,1H3. The number of unbranched alkanes of at least 4 members (excludes halogenated alkanes) is 4. The van der Waals surface area contributed by atoms with Gasteiger partial charge in [0, 0.05) is 76.9 Å². The minimum absolute atomic E-state index is 0.0641. The van der Waals surface area contributed by atoms with E-state index in [0.717, 1.165) is 73.8 Å². The number of Topliss-reactive ketones (excluding diaryl/α,β-unsaturated/α-hetero) is 2. The van der Waals surface area contributed by atoms with Crippen molar-refractivity contribution in [3.63, 3.8) is 0 Å². The Morgan fingerprint density at radius 2 is 0.782 bits per heavy atom. The van der Waals surface area contributed by atoms with Gasteiger partial charge in [-0.2, -0.15) is 0 Å². The molecule has 0 radical (unpaired) electrons. The van der Waals surface area contributed by atoms with Crippen molar-refractivity contribution in [2.75, 3.05) is 13.1 Å². The van der Waals surface area contributed by atoms with Crippen molar-refractivity contribution in [3.05, 3.63) is 95.1 Å². The summed E-state index contributed by atoms with van der Waals surface area (Å²) in [6.45, 7) is 3.94. The van der Waals surface area contributed by atoms with E-state index in [1.54, 1.807) is 0 Å². The zero-order valence-electron chi connectivity index (χ0n) is 31.9. The van der Waals surface area contributed by atoms with Gasteiger partial charge in [-0.05, 0) is 73.6 Å². The van der Waals surface area contributed by atoms with E-state index in [4.69, 9.17) is 9.47 Å². The molecule has 12 nitrogen and oxygen atoms in total. The lowest BCUT2D eigenvalue weighted by Gasteiger charge is -2.12. The zero-order valence-corrected chi connectivity index (χ0v) is 31.9. The maximum absolute atomic E-state index is 12.0. The summed E-state index contributed by atoms with van der Waals surface area (Å²) in [5.41, 5.74) is 4.29. The average Bonchev–Trinajstić information content (AvgIpc) is 3.67. The van der Waals surface area contributed by atoms with Crippen LogP contribution >= 0.6 is 0 Å². The summed E-state index contributed by atoms with van der Waals surface area (Å²) in [6, 6.07) is 15.9. The summed E-state index contributed by atoms with van der Waals surface area (Å²) < 4.78 is 9.90. The molecule has 294 valence electrons. The van der Waals surface area contributed by atoms with Crippen LogP contribution in [-0.4, -0.2) is 70.0 Å². The Balaban J connectivity index is 0.000000297. The third kappa shape index (κ3) is 17.4. The number of hydrogen-bond acceptors (Lipinski definition) is 10. The van der Waals surface area contributed by atoms with Gasteiger partial charge in [-0.1, -0.05) is 55.0 Å². The van der Waals surface area contributed by atoms with Crippen LogP contribution in [-0.2, 0) is 73.9 Å². The van der Waals surface area contributed by atoms with Crippen LogP contribution in [0.1, 0.15) is 107 Å². The van der Waals surface area contributed by atoms with E-state index in [2.05, 4.69) is 0 Å². The number of ketones is 2. The molecule has 0 spiro atoms. The fourth-order valence-electron chi connectivity index (χ4n) is 5.84. The first-order valence-electron chi connectivity index (χ1n) is 18.9. The molecule has 2 aromatic rings. The summed E-state index contributed by atoms with van der Waals surface area (Å²) in [5, 5.41) is 0. The number of rotatable bonds is 23.